The molecule has 1 atom stereocenters. The summed E-state index contributed by atoms with van der Waals surface area (Å²) in [7, 11) is 2.01. The number of rotatable bonds is 4. The molecule has 0 spiro atoms. The number of aromatic nitrogens is 1. The first kappa shape index (κ1) is 13.3. The first-order valence-electron chi connectivity index (χ1n) is 6.84. The number of thiazole rings is 1. The van der Waals surface area contributed by atoms with Gasteiger partial charge in [-0.1, -0.05) is 42.0 Å². The Kier molecular flexibility index (Phi) is 3.81. The second-order valence-electron chi connectivity index (χ2n) is 5.05. The SMILES string of the molecule is CNC(Cc1cccc(C)c1)c1nc2ccccc2s1. The van der Waals surface area contributed by atoms with Gasteiger partial charge in [0.05, 0.1) is 16.3 Å². The van der Waals surface area contributed by atoms with Gasteiger partial charge in [0.1, 0.15) is 5.01 Å². The van der Waals surface area contributed by atoms with Crippen molar-refractivity contribution in [2.75, 3.05) is 7.05 Å². The Morgan fingerprint density at radius 3 is 2.75 bits per heavy atom. The fraction of sp³-hybridized carbons (Fsp3) is 0.235. The van der Waals surface area contributed by atoms with E-state index < -0.39 is 0 Å². The maximum absolute atomic E-state index is 4.76. The molecule has 0 amide bonds. The summed E-state index contributed by atoms with van der Waals surface area (Å²) in [5, 5.41) is 4.56. The van der Waals surface area contributed by atoms with Gasteiger partial charge in [0.25, 0.3) is 0 Å². The van der Waals surface area contributed by atoms with Crippen LogP contribution in [0.5, 0.6) is 0 Å². The first-order valence-corrected chi connectivity index (χ1v) is 7.66. The first-order chi connectivity index (χ1) is 9.76. The monoisotopic (exact) mass is 282 g/mol. The standard InChI is InChI=1S/C17H18N2S/c1-12-6-5-7-13(10-12)11-15(18-2)17-19-14-8-3-4-9-16(14)20-17/h3-10,15,18H,11H2,1-2H3. The summed E-state index contributed by atoms with van der Waals surface area (Å²) >= 11 is 1.78. The van der Waals surface area contributed by atoms with Gasteiger partial charge in [0, 0.05) is 0 Å². The highest BCUT2D eigenvalue weighted by molar-refractivity contribution is 7.18. The summed E-state index contributed by atoms with van der Waals surface area (Å²) in [5.74, 6) is 0. The number of nitrogens with one attached hydrogen (secondary N) is 1. The third-order valence-corrected chi connectivity index (χ3v) is 4.63. The van der Waals surface area contributed by atoms with Crippen molar-refractivity contribution in [2.24, 2.45) is 0 Å². The Hall–Kier alpha value is -1.71. The Bertz CT molecular complexity index is 685. The predicted molar refractivity (Wildman–Crippen MR) is 86.3 cm³/mol. The van der Waals surface area contributed by atoms with Crippen molar-refractivity contribution in [3.05, 3.63) is 64.7 Å². The second-order valence-corrected chi connectivity index (χ2v) is 6.12. The molecule has 2 aromatic carbocycles. The molecule has 0 aliphatic carbocycles. The molecule has 1 N–H and O–H groups in total. The minimum atomic E-state index is 0.272. The number of benzene rings is 2. The molecule has 102 valence electrons. The Balaban J connectivity index is 1.89. The van der Waals surface area contributed by atoms with Crippen molar-refractivity contribution in [1.29, 1.82) is 0 Å². The zero-order valence-electron chi connectivity index (χ0n) is 11.8. The molecule has 0 saturated heterocycles. The molecule has 20 heavy (non-hydrogen) atoms. The van der Waals surface area contributed by atoms with E-state index in [1.54, 1.807) is 11.3 Å². The Morgan fingerprint density at radius 1 is 1.15 bits per heavy atom. The minimum Gasteiger partial charge on any atom is -0.311 e. The molecule has 3 heteroatoms. The lowest BCUT2D eigenvalue weighted by Gasteiger charge is -2.13. The van der Waals surface area contributed by atoms with Gasteiger partial charge in [0.2, 0.25) is 0 Å². The molecule has 0 radical (unpaired) electrons. The van der Waals surface area contributed by atoms with E-state index in [1.165, 1.54) is 15.8 Å². The van der Waals surface area contributed by atoms with Crippen LogP contribution in [0, 0.1) is 6.92 Å². The maximum atomic E-state index is 4.76. The fourth-order valence-electron chi connectivity index (χ4n) is 2.43. The van der Waals surface area contributed by atoms with E-state index in [-0.39, 0.29) is 6.04 Å². The molecule has 0 saturated carbocycles. The van der Waals surface area contributed by atoms with E-state index in [1.807, 2.05) is 13.1 Å². The van der Waals surface area contributed by atoms with Crippen LogP contribution in [0.1, 0.15) is 22.2 Å². The molecule has 3 aromatic rings. The molecule has 0 fully saturated rings. The van der Waals surface area contributed by atoms with Crippen LogP contribution in [0.4, 0.5) is 0 Å². The maximum Gasteiger partial charge on any atom is 0.111 e. The zero-order chi connectivity index (χ0) is 13.9. The van der Waals surface area contributed by atoms with Crippen molar-refractivity contribution in [3.63, 3.8) is 0 Å². The molecule has 0 bridgehead atoms. The molecule has 2 nitrogen and oxygen atoms in total. The number of hydrogen-bond donors (Lipinski definition) is 1. The van der Waals surface area contributed by atoms with Crippen LogP contribution in [-0.4, -0.2) is 12.0 Å². The van der Waals surface area contributed by atoms with E-state index in [9.17, 15) is 0 Å². The van der Waals surface area contributed by atoms with Crippen LogP contribution in [0.3, 0.4) is 0 Å². The van der Waals surface area contributed by atoms with Crippen LogP contribution in [-0.2, 0) is 6.42 Å². The number of fused-ring (bicyclic) bond motifs is 1. The van der Waals surface area contributed by atoms with E-state index in [4.69, 9.17) is 4.98 Å². The van der Waals surface area contributed by atoms with Crippen LogP contribution in [0.2, 0.25) is 0 Å². The molecule has 3 rings (SSSR count). The Labute approximate surface area is 123 Å². The lowest BCUT2D eigenvalue weighted by Crippen LogP contribution is -2.18. The normalized spacial score (nSPS) is 12.7. The molecule has 0 aliphatic heterocycles. The van der Waals surface area contributed by atoms with Crippen molar-refractivity contribution in [1.82, 2.24) is 10.3 Å². The number of likely N-dealkylation sites (N-methyl/N-ethyl adjacent to an activating group) is 1. The van der Waals surface area contributed by atoms with Gasteiger partial charge in [-0.05, 0) is 38.1 Å². The molecule has 0 aliphatic rings. The highest BCUT2D eigenvalue weighted by Gasteiger charge is 2.15. The van der Waals surface area contributed by atoms with Gasteiger partial charge in [-0.25, -0.2) is 4.98 Å². The number of nitrogens with zero attached hydrogens (tertiary/aromatic N) is 1. The van der Waals surface area contributed by atoms with Crippen LogP contribution in [0.15, 0.2) is 48.5 Å². The van der Waals surface area contributed by atoms with Crippen LogP contribution < -0.4 is 5.32 Å². The zero-order valence-corrected chi connectivity index (χ0v) is 12.6. The quantitative estimate of drug-likeness (QED) is 0.779. The minimum absolute atomic E-state index is 0.272. The van der Waals surface area contributed by atoms with Crippen molar-refractivity contribution < 1.29 is 0 Å². The lowest BCUT2D eigenvalue weighted by atomic mass is 10.0. The average Bonchev–Trinajstić information content (AvgIpc) is 2.88. The number of hydrogen-bond acceptors (Lipinski definition) is 3. The molecule has 1 unspecified atom stereocenters. The Morgan fingerprint density at radius 2 is 2.00 bits per heavy atom. The third kappa shape index (κ3) is 2.74. The van der Waals surface area contributed by atoms with Crippen molar-refractivity contribution in [3.8, 4) is 0 Å². The number of aryl methyl sites for hydroxylation is 1. The smallest absolute Gasteiger partial charge is 0.111 e. The van der Waals surface area contributed by atoms with Gasteiger partial charge in [-0.3, -0.25) is 0 Å². The molecule has 1 heterocycles. The summed E-state index contributed by atoms with van der Waals surface area (Å²) < 4.78 is 1.26. The van der Waals surface area contributed by atoms with E-state index in [2.05, 4.69) is 54.7 Å². The molecule has 1 aromatic heterocycles. The van der Waals surface area contributed by atoms with Gasteiger partial charge in [-0.15, -0.1) is 11.3 Å². The van der Waals surface area contributed by atoms with Gasteiger partial charge in [0.15, 0.2) is 0 Å². The van der Waals surface area contributed by atoms with Crippen molar-refractivity contribution >= 4 is 21.6 Å². The van der Waals surface area contributed by atoms with Crippen LogP contribution >= 0.6 is 11.3 Å². The van der Waals surface area contributed by atoms with E-state index >= 15 is 0 Å². The van der Waals surface area contributed by atoms with Crippen LogP contribution in [0.25, 0.3) is 10.2 Å². The summed E-state index contributed by atoms with van der Waals surface area (Å²) in [6.45, 7) is 2.13. The third-order valence-electron chi connectivity index (χ3n) is 3.48. The van der Waals surface area contributed by atoms with Gasteiger partial charge >= 0.3 is 0 Å². The summed E-state index contributed by atoms with van der Waals surface area (Å²) in [4.78, 5) is 4.76. The van der Waals surface area contributed by atoms with E-state index in [0.29, 0.717) is 0 Å². The lowest BCUT2D eigenvalue weighted by molar-refractivity contribution is 0.589. The largest absolute Gasteiger partial charge is 0.311 e. The predicted octanol–water partition coefficient (Wildman–Crippen LogP) is 4.11. The topological polar surface area (TPSA) is 24.9 Å². The van der Waals surface area contributed by atoms with Gasteiger partial charge in [-0.2, -0.15) is 0 Å². The van der Waals surface area contributed by atoms with E-state index in [0.717, 1.165) is 16.9 Å². The second kappa shape index (κ2) is 5.73. The van der Waals surface area contributed by atoms with Gasteiger partial charge < -0.3 is 5.32 Å². The highest BCUT2D eigenvalue weighted by atomic mass is 32.1. The molecular weight excluding hydrogens is 264 g/mol. The summed E-state index contributed by atoms with van der Waals surface area (Å²) in [6, 6.07) is 17.3. The summed E-state index contributed by atoms with van der Waals surface area (Å²) in [6.07, 6.45) is 0.970. The summed E-state index contributed by atoms with van der Waals surface area (Å²) in [5.41, 5.74) is 3.75. The fourth-order valence-corrected chi connectivity index (χ4v) is 3.50. The highest BCUT2D eigenvalue weighted by Crippen LogP contribution is 2.28. The molecular formula is C17H18N2S. The average molecular weight is 282 g/mol. The van der Waals surface area contributed by atoms with Crippen molar-refractivity contribution in [2.45, 2.75) is 19.4 Å². The number of para-hydroxylation sites is 1.